The summed E-state index contributed by atoms with van der Waals surface area (Å²) in [5.74, 6) is -0.708. The number of fused-ring (bicyclic) bond motifs is 1. The lowest BCUT2D eigenvalue weighted by Gasteiger charge is -2.22. The van der Waals surface area contributed by atoms with Gasteiger partial charge in [0, 0.05) is 22.3 Å². The largest absolute Gasteiger partial charge is 0.573 e. The van der Waals surface area contributed by atoms with Crippen molar-refractivity contribution >= 4 is 17.4 Å². The van der Waals surface area contributed by atoms with Crippen molar-refractivity contribution in [3.05, 3.63) is 63.6 Å². The first-order valence-corrected chi connectivity index (χ1v) is 9.52. The molecule has 1 aromatic carbocycles. The average molecular weight is 471 g/mol. The molecule has 0 N–H and O–H groups in total. The number of imidazole rings is 1. The maximum Gasteiger partial charge on any atom is 0.573 e. The number of aromatic nitrogens is 3. The van der Waals surface area contributed by atoms with E-state index in [1.807, 2.05) is 0 Å². The van der Waals surface area contributed by atoms with Crippen LogP contribution in [0.2, 0.25) is 5.02 Å². The van der Waals surface area contributed by atoms with Gasteiger partial charge in [0.1, 0.15) is 24.7 Å². The third-order valence-electron chi connectivity index (χ3n) is 4.49. The highest BCUT2D eigenvalue weighted by Gasteiger charge is 2.31. The summed E-state index contributed by atoms with van der Waals surface area (Å²) in [6.07, 6.45) is -2.34. The summed E-state index contributed by atoms with van der Waals surface area (Å²) in [7, 11) is 0. The molecule has 0 amide bonds. The van der Waals surface area contributed by atoms with Gasteiger partial charge in [-0.1, -0.05) is 17.7 Å². The van der Waals surface area contributed by atoms with Gasteiger partial charge in [0.15, 0.2) is 0 Å². The average Bonchev–Trinajstić information content (AvgIpc) is 3.16. The molecular formula is C19H14ClF3N4O5. The Labute approximate surface area is 183 Å². The van der Waals surface area contributed by atoms with Crippen LogP contribution in [0.4, 0.5) is 19.0 Å². The molecule has 13 heteroatoms. The molecule has 0 radical (unpaired) electrons. The fourth-order valence-corrected chi connectivity index (χ4v) is 3.34. The molecule has 1 aliphatic rings. The molecule has 4 rings (SSSR count). The zero-order valence-electron chi connectivity index (χ0n) is 16.1. The quantitative estimate of drug-likeness (QED) is 0.389. The van der Waals surface area contributed by atoms with Gasteiger partial charge in [-0.3, -0.25) is 9.55 Å². The van der Waals surface area contributed by atoms with Crippen molar-refractivity contribution in [2.75, 3.05) is 6.61 Å². The fraction of sp³-hybridized carbons (Fsp3) is 0.263. The molecule has 0 saturated carbocycles. The molecule has 0 saturated heterocycles. The lowest BCUT2D eigenvalue weighted by molar-refractivity contribution is -0.389. The van der Waals surface area contributed by atoms with E-state index in [0.29, 0.717) is 23.4 Å². The molecule has 3 aromatic rings. The maximum absolute atomic E-state index is 12.3. The van der Waals surface area contributed by atoms with Crippen molar-refractivity contribution in [2.24, 2.45) is 0 Å². The molecule has 32 heavy (non-hydrogen) atoms. The van der Waals surface area contributed by atoms with Crippen LogP contribution in [0.5, 0.6) is 11.8 Å². The summed E-state index contributed by atoms with van der Waals surface area (Å²) < 4.78 is 53.5. The van der Waals surface area contributed by atoms with Gasteiger partial charge in [0.25, 0.3) is 0 Å². The first kappa shape index (κ1) is 21.8. The predicted octanol–water partition coefficient (Wildman–Crippen LogP) is 4.38. The summed E-state index contributed by atoms with van der Waals surface area (Å²) in [6.45, 7) is 0.691. The molecule has 0 aliphatic carbocycles. The zero-order chi connectivity index (χ0) is 22.9. The van der Waals surface area contributed by atoms with Gasteiger partial charge in [-0.15, -0.1) is 13.2 Å². The number of nitrogens with zero attached hydrogens (tertiary/aromatic N) is 4. The smallest absolute Gasteiger partial charge is 0.443 e. The van der Waals surface area contributed by atoms with Crippen molar-refractivity contribution in [3.8, 4) is 22.9 Å². The van der Waals surface area contributed by atoms with E-state index in [1.54, 1.807) is 12.1 Å². The molecule has 168 valence electrons. The lowest BCUT2D eigenvalue weighted by Crippen LogP contribution is -2.32. The minimum atomic E-state index is -4.80. The Balaban J connectivity index is 1.37. The molecule has 1 aliphatic heterocycles. The molecule has 3 heterocycles. The predicted molar refractivity (Wildman–Crippen MR) is 104 cm³/mol. The second kappa shape index (κ2) is 8.63. The number of halogens is 4. The van der Waals surface area contributed by atoms with Crippen LogP contribution < -0.4 is 9.47 Å². The summed E-state index contributed by atoms with van der Waals surface area (Å²) in [5.41, 5.74) is 1.70. The van der Waals surface area contributed by atoms with E-state index in [2.05, 4.69) is 14.7 Å². The number of hydrogen-bond acceptors (Lipinski definition) is 7. The highest BCUT2D eigenvalue weighted by atomic mass is 35.5. The normalized spacial score (nSPS) is 15.7. The van der Waals surface area contributed by atoms with Crippen molar-refractivity contribution in [2.45, 2.75) is 25.6 Å². The zero-order valence-corrected chi connectivity index (χ0v) is 16.8. The number of nitro groups is 1. The third kappa shape index (κ3) is 5.08. The SMILES string of the molecule is O=[N+]([O-])c1cn2c(n1)OC[C@H](OCc1ccc(-c3ccc(OC(F)(F)F)cc3Cl)cn1)C2. The van der Waals surface area contributed by atoms with Gasteiger partial charge < -0.3 is 24.3 Å². The van der Waals surface area contributed by atoms with E-state index < -0.39 is 17.0 Å². The fourth-order valence-electron chi connectivity index (χ4n) is 3.06. The minimum absolute atomic E-state index is 0.0853. The topological polar surface area (TPSA) is 102 Å². The van der Waals surface area contributed by atoms with E-state index in [4.69, 9.17) is 21.1 Å². The summed E-state index contributed by atoms with van der Waals surface area (Å²) in [5, 5.41) is 10.9. The van der Waals surface area contributed by atoms with Gasteiger partial charge in [-0.25, -0.2) is 0 Å². The third-order valence-corrected chi connectivity index (χ3v) is 4.80. The molecule has 0 bridgehead atoms. The number of hydrogen-bond donors (Lipinski definition) is 0. The van der Waals surface area contributed by atoms with E-state index in [1.165, 1.54) is 29.1 Å². The van der Waals surface area contributed by atoms with Crippen LogP contribution >= 0.6 is 11.6 Å². The summed E-state index contributed by atoms with van der Waals surface area (Å²) in [4.78, 5) is 18.3. The molecule has 9 nitrogen and oxygen atoms in total. The van der Waals surface area contributed by atoms with Gasteiger partial charge >= 0.3 is 18.2 Å². The van der Waals surface area contributed by atoms with Crippen LogP contribution in [0.15, 0.2) is 42.7 Å². The number of benzene rings is 1. The van der Waals surface area contributed by atoms with E-state index >= 15 is 0 Å². The molecule has 0 unspecified atom stereocenters. The second-order valence-electron chi connectivity index (χ2n) is 6.76. The molecular weight excluding hydrogens is 457 g/mol. The Kier molecular flexibility index (Phi) is 5.89. The van der Waals surface area contributed by atoms with E-state index in [0.717, 1.165) is 6.07 Å². The first-order valence-electron chi connectivity index (χ1n) is 9.14. The van der Waals surface area contributed by atoms with Gasteiger partial charge in [0.2, 0.25) is 0 Å². The van der Waals surface area contributed by atoms with Crippen LogP contribution in [0.1, 0.15) is 5.69 Å². The van der Waals surface area contributed by atoms with Crippen LogP contribution in [0.3, 0.4) is 0 Å². The van der Waals surface area contributed by atoms with Gasteiger partial charge in [0.05, 0.1) is 23.9 Å². The Hall–Kier alpha value is -3.38. The number of ether oxygens (including phenoxy) is 3. The highest BCUT2D eigenvalue weighted by molar-refractivity contribution is 6.33. The van der Waals surface area contributed by atoms with E-state index in [-0.39, 0.29) is 36.2 Å². The number of alkyl halides is 3. The monoisotopic (exact) mass is 470 g/mol. The van der Waals surface area contributed by atoms with Crippen LogP contribution in [0, 0.1) is 10.1 Å². The van der Waals surface area contributed by atoms with Crippen molar-refractivity contribution in [3.63, 3.8) is 0 Å². The maximum atomic E-state index is 12.3. The number of rotatable bonds is 6. The Bertz CT molecular complexity index is 1140. The standard InChI is InChI=1S/C19H14ClF3N4O5/c20-16-5-13(32-19(21,22)23)3-4-15(16)11-1-2-12(24-6-11)9-30-14-7-26-8-17(27(28)29)25-18(26)31-10-14/h1-6,8,14H,7,9-10H2/t14-/m1/s1. The Morgan fingerprint density at radius 2 is 2.12 bits per heavy atom. The first-order chi connectivity index (χ1) is 15.2. The second-order valence-corrected chi connectivity index (χ2v) is 7.17. The summed E-state index contributed by atoms with van der Waals surface area (Å²) in [6, 6.07) is 7.25. The highest BCUT2D eigenvalue weighted by Crippen LogP contribution is 2.33. The number of pyridine rings is 1. The van der Waals surface area contributed by atoms with Crippen LogP contribution in [0.25, 0.3) is 11.1 Å². The minimum Gasteiger partial charge on any atom is -0.443 e. The molecule has 0 fully saturated rings. The Morgan fingerprint density at radius 3 is 2.78 bits per heavy atom. The van der Waals surface area contributed by atoms with Crippen LogP contribution in [-0.4, -0.2) is 38.5 Å². The van der Waals surface area contributed by atoms with Crippen LogP contribution in [-0.2, 0) is 17.9 Å². The van der Waals surface area contributed by atoms with Crippen molar-refractivity contribution in [1.82, 2.24) is 14.5 Å². The molecule has 1 atom stereocenters. The Morgan fingerprint density at radius 1 is 1.31 bits per heavy atom. The van der Waals surface area contributed by atoms with E-state index in [9.17, 15) is 23.3 Å². The van der Waals surface area contributed by atoms with Crippen molar-refractivity contribution < 1.29 is 32.3 Å². The van der Waals surface area contributed by atoms with Crippen molar-refractivity contribution in [1.29, 1.82) is 0 Å². The lowest BCUT2D eigenvalue weighted by atomic mass is 10.1. The molecule has 0 spiro atoms. The van der Waals surface area contributed by atoms with Gasteiger partial charge in [-0.2, -0.15) is 0 Å². The summed E-state index contributed by atoms with van der Waals surface area (Å²) >= 11 is 6.09. The molecule has 2 aromatic heterocycles. The van der Waals surface area contributed by atoms with Gasteiger partial charge in [-0.05, 0) is 29.2 Å².